The summed E-state index contributed by atoms with van der Waals surface area (Å²) in [6, 6.07) is 0. The van der Waals surface area contributed by atoms with E-state index in [2.05, 4.69) is 41.3 Å². The number of unbranched alkanes of at least 4 members (excludes halogenated alkanes) is 2. The molecule has 5 nitrogen and oxygen atoms in total. The topological polar surface area (TPSA) is 48.9 Å². The Bertz CT molecular complexity index is 352. The highest BCUT2D eigenvalue weighted by Crippen LogP contribution is 2.20. The van der Waals surface area contributed by atoms with Gasteiger partial charge in [0.2, 0.25) is 0 Å². The van der Waals surface area contributed by atoms with E-state index in [-0.39, 0.29) is 35.5 Å². The summed E-state index contributed by atoms with van der Waals surface area (Å²) in [5, 5.41) is 6.78. The second kappa shape index (κ2) is 14.0. The molecule has 150 valence electrons. The summed E-state index contributed by atoms with van der Waals surface area (Å²) < 4.78 is 5.57. The molecule has 0 aromatic heterocycles. The second-order valence-electron chi connectivity index (χ2n) is 7.93. The van der Waals surface area contributed by atoms with Crippen molar-refractivity contribution < 1.29 is 4.74 Å². The van der Waals surface area contributed by atoms with Crippen LogP contribution in [0.25, 0.3) is 0 Å². The van der Waals surface area contributed by atoms with E-state index in [1.54, 1.807) is 7.11 Å². The summed E-state index contributed by atoms with van der Waals surface area (Å²) in [7, 11) is 3.60. The van der Waals surface area contributed by atoms with Gasteiger partial charge in [-0.25, -0.2) is 0 Å². The van der Waals surface area contributed by atoms with Gasteiger partial charge >= 0.3 is 0 Å². The summed E-state index contributed by atoms with van der Waals surface area (Å²) in [5.41, 5.74) is 0.120. The molecule has 0 aliphatic carbocycles. The van der Waals surface area contributed by atoms with E-state index >= 15 is 0 Å². The Hall–Kier alpha value is -0.0800. The predicted octanol–water partition coefficient (Wildman–Crippen LogP) is 3.49. The molecule has 0 saturated carbocycles. The zero-order valence-corrected chi connectivity index (χ0v) is 19.4. The first-order valence-corrected chi connectivity index (χ1v) is 9.67. The van der Waals surface area contributed by atoms with E-state index in [0.717, 1.165) is 19.0 Å². The van der Waals surface area contributed by atoms with E-state index in [4.69, 9.17) is 4.74 Å². The van der Waals surface area contributed by atoms with Gasteiger partial charge in [0.1, 0.15) is 0 Å². The van der Waals surface area contributed by atoms with Crippen molar-refractivity contribution in [3.63, 3.8) is 0 Å². The minimum Gasteiger partial charge on any atom is -0.379 e. The molecule has 0 amide bonds. The maximum atomic E-state index is 5.57. The van der Waals surface area contributed by atoms with Crippen LogP contribution in [0.4, 0.5) is 0 Å². The first-order valence-electron chi connectivity index (χ1n) is 9.67. The van der Waals surface area contributed by atoms with Gasteiger partial charge in [0.05, 0.1) is 6.10 Å². The van der Waals surface area contributed by atoms with Crippen LogP contribution >= 0.6 is 24.0 Å². The number of likely N-dealkylation sites (tertiary alicyclic amines) is 1. The predicted molar refractivity (Wildman–Crippen MR) is 119 cm³/mol. The minimum atomic E-state index is 0. The van der Waals surface area contributed by atoms with E-state index in [9.17, 15) is 0 Å². The number of nitrogens with one attached hydrogen (secondary N) is 2. The highest BCUT2D eigenvalue weighted by molar-refractivity contribution is 14.0. The summed E-state index contributed by atoms with van der Waals surface area (Å²) in [5.74, 6) is 0.873. The molecule has 25 heavy (non-hydrogen) atoms. The quantitative estimate of drug-likeness (QED) is 0.236. The molecule has 0 aromatic rings. The SMILES string of the molecule is CN=C(NCCCCCN1CCCCC1)NCC(OC)C(C)(C)C.I. The maximum absolute atomic E-state index is 5.57. The van der Waals surface area contributed by atoms with Gasteiger partial charge in [-0.1, -0.05) is 33.6 Å². The van der Waals surface area contributed by atoms with Gasteiger partial charge in [0, 0.05) is 27.2 Å². The van der Waals surface area contributed by atoms with Crippen LogP contribution in [0.2, 0.25) is 0 Å². The number of ether oxygens (including phenoxy) is 1. The Balaban J connectivity index is 0.00000576. The molecule has 6 heteroatoms. The van der Waals surface area contributed by atoms with Crippen molar-refractivity contribution in [2.45, 2.75) is 65.4 Å². The third-order valence-corrected chi connectivity index (χ3v) is 4.82. The maximum Gasteiger partial charge on any atom is 0.191 e. The molecule has 1 atom stereocenters. The number of hydrogen-bond acceptors (Lipinski definition) is 3. The molecule has 1 saturated heterocycles. The van der Waals surface area contributed by atoms with Crippen molar-refractivity contribution in [2.24, 2.45) is 10.4 Å². The number of guanidine groups is 1. The normalized spacial score (nSPS) is 17.7. The van der Waals surface area contributed by atoms with Gasteiger partial charge in [-0.2, -0.15) is 0 Å². The van der Waals surface area contributed by atoms with Crippen LogP contribution in [0.1, 0.15) is 59.3 Å². The molecule has 1 rings (SSSR count). The Morgan fingerprint density at radius 1 is 1.08 bits per heavy atom. The molecule has 0 aromatic carbocycles. The van der Waals surface area contributed by atoms with Gasteiger partial charge in [0.15, 0.2) is 5.96 Å². The molecule has 0 spiro atoms. The van der Waals surface area contributed by atoms with E-state index in [1.165, 1.54) is 58.2 Å². The molecule has 0 radical (unpaired) electrons. The Kier molecular flexibility index (Phi) is 14.0. The third kappa shape index (κ3) is 11.3. The van der Waals surface area contributed by atoms with E-state index in [1.807, 2.05) is 7.05 Å². The van der Waals surface area contributed by atoms with Crippen LogP contribution in [0.15, 0.2) is 4.99 Å². The highest BCUT2D eigenvalue weighted by atomic mass is 127. The molecule has 1 aliphatic rings. The zero-order valence-electron chi connectivity index (χ0n) is 17.1. The van der Waals surface area contributed by atoms with Crippen LogP contribution in [-0.2, 0) is 4.74 Å². The average molecular weight is 468 g/mol. The van der Waals surface area contributed by atoms with Gasteiger partial charge in [0.25, 0.3) is 0 Å². The second-order valence-corrected chi connectivity index (χ2v) is 7.93. The van der Waals surface area contributed by atoms with E-state index < -0.39 is 0 Å². The lowest BCUT2D eigenvalue weighted by Gasteiger charge is -2.30. The lowest BCUT2D eigenvalue weighted by atomic mass is 9.89. The number of nitrogens with zero attached hydrogens (tertiary/aromatic N) is 2. The summed E-state index contributed by atoms with van der Waals surface area (Å²) in [4.78, 5) is 6.92. The molecule has 2 N–H and O–H groups in total. The van der Waals surface area contributed by atoms with Crippen molar-refractivity contribution >= 4 is 29.9 Å². The molecule has 1 fully saturated rings. The van der Waals surface area contributed by atoms with Crippen molar-refractivity contribution in [1.29, 1.82) is 0 Å². The molecular weight excluding hydrogens is 427 g/mol. The lowest BCUT2D eigenvalue weighted by molar-refractivity contribution is 0.0205. The molecule has 1 heterocycles. The number of hydrogen-bond donors (Lipinski definition) is 2. The van der Waals surface area contributed by atoms with Crippen LogP contribution in [0, 0.1) is 5.41 Å². The molecule has 1 aliphatic heterocycles. The minimum absolute atomic E-state index is 0. The van der Waals surface area contributed by atoms with Crippen molar-refractivity contribution in [1.82, 2.24) is 15.5 Å². The number of piperidine rings is 1. The fourth-order valence-electron chi connectivity index (χ4n) is 3.18. The Morgan fingerprint density at radius 3 is 2.32 bits per heavy atom. The largest absolute Gasteiger partial charge is 0.379 e. The first-order chi connectivity index (χ1) is 11.5. The number of halogens is 1. The number of methoxy groups -OCH3 is 1. The van der Waals surface area contributed by atoms with Crippen molar-refractivity contribution in [3.05, 3.63) is 0 Å². The standard InChI is InChI=1S/C19H40N4O.HI/c1-19(2,3)17(24-5)16-22-18(20-4)21-12-8-6-9-13-23-14-10-7-11-15-23;/h17H,6-16H2,1-5H3,(H2,20,21,22);1H. The summed E-state index contributed by atoms with van der Waals surface area (Å²) in [6.45, 7) is 12.2. The highest BCUT2D eigenvalue weighted by Gasteiger charge is 2.24. The van der Waals surface area contributed by atoms with Crippen LogP contribution in [0.5, 0.6) is 0 Å². The fraction of sp³-hybridized carbons (Fsp3) is 0.947. The van der Waals surface area contributed by atoms with Crippen molar-refractivity contribution in [3.8, 4) is 0 Å². The molecule has 1 unspecified atom stereocenters. The summed E-state index contributed by atoms with van der Waals surface area (Å²) in [6.07, 6.45) is 8.15. The Morgan fingerprint density at radius 2 is 1.76 bits per heavy atom. The van der Waals surface area contributed by atoms with Crippen LogP contribution in [0.3, 0.4) is 0 Å². The van der Waals surface area contributed by atoms with Crippen molar-refractivity contribution in [2.75, 3.05) is 46.9 Å². The van der Waals surface area contributed by atoms with Gasteiger partial charge in [-0.05, 0) is 50.7 Å². The number of rotatable bonds is 9. The first kappa shape index (κ1) is 24.9. The summed E-state index contributed by atoms with van der Waals surface area (Å²) >= 11 is 0. The smallest absolute Gasteiger partial charge is 0.191 e. The van der Waals surface area contributed by atoms with E-state index in [0.29, 0.717) is 0 Å². The average Bonchev–Trinajstić information content (AvgIpc) is 2.56. The molecule has 0 bridgehead atoms. The van der Waals surface area contributed by atoms with Crippen LogP contribution < -0.4 is 10.6 Å². The zero-order chi connectivity index (χ0) is 17.8. The fourth-order valence-corrected chi connectivity index (χ4v) is 3.18. The molecular formula is C19H41IN4O. The van der Waals surface area contributed by atoms with Gasteiger partial charge in [-0.15, -0.1) is 24.0 Å². The van der Waals surface area contributed by atoms with Crippen LogP contribution in [-0.4, -0.2) is 63.8 Å². The monoisotopic (exact) mass is 468 g/mol. The third-order valence-electron chi connectivity index (χ3n) is 4.82. The Labute approximate surface area is 172 Å². The van der Waals surface area contributed by atoms with Gasteiger partial charge < -0.3 is 20.3 Å². The number of aliphatic imine (C=N–C) groups is 1. The lowest BCUT2D eigenvalue weighted by Crippen LogP contribution is -2.45. The van der Waals surface area contributed by atoms with Gasteiger partial charge in [-0.3, -0.25) is 4.99 Å².